The average Bonchev–Trinajstić information content (AvgIpc) is 2.56. The first-order valence-corrected chi connectivity index (χ1v) is 7.50. The molecule has 3 rings (SSSR count). The van der Waals surface area contributed by atoms with E-state index in [0.717, 1.165) is 24.4 Å². The van der Waals surface area contributed by atoms with Gasteiger partial charge in [-0.1, -0.05) is 41.9 Å². The first-order chi connectivity index (χ1) is 10.3. The van der Waals surface area contributed by atoms with Crippen LogP contribution >= 0.6 is 11.6 Å². The molecule has 0 bridgehead atoms. The lowest BCUT2D eigenvalue weighted by atomic mass is 10.0. The van der Waals surface area contributed by atoms with Gasteiger partial charge in [0.2, 0.25) is 0 Å². The molecule has 1 N–H and O–H groups in total. The predicted molar refractivity (Wildman–Crippen MR) is 83.9 cm³/mol. The molecule has 2 unspecified atom stereocenters. The topological polar surface area (TPSA) is 30.5 Å². The van der Waals surface area contributed by atoms with Crippen LogP contribution in [0.25, 0.3) is 0 Å². The molecule has 0 aliphatic carbocycles. The molecule has 21 heavy (non-hydrogen) atoms. The Morgan fingerprint density at radius 1 is 1.10 bits per heavy atom. The Hall–Kier alpha value is -1.55. The minimum absolute atomic E-state index is 0.00294. The van der Waals surface area contributed by atoms with Crippen molar-refractivity contribution in [3.63, 3.8) is 0 Å². The lowest BCUT2D eigenvalue weighted by Gasteiger charge is -2.31. The summed E-state index contributed by atoms with van der Waals surface area (Å²) in [6.07, 6.45) is -0.142. The fourth-order valence-corrected chi connectivity index (χ4v) is 2.57. The van der Waals surface area contributed by atoms with Crippen LogP contribution < -0.4 is 10.1 Å². The monoisotopic (exact) mass is 303 g/mol. The lowest BCUT2D eigenvalue weighted by molar-refractivity contribution is -0.0432. The molecule has 0 amide bonds. The van der Waals surface area contributed by atoms with Gasteiger partial charge in [0.05, 0.1) is 6.61 Å². The van der Waals surface area contributed by atoms with Gasteiger partial charge in [0, 0.05) is 18.1 Å². The SMILES string of the molecule is Clc1ccc(OC(c2ccccc2)C2CNCCO2)cc1. The second-order valence-corrected chi connectivity index (χ2v) is 5.45. The first kappa shape index (κ1) is 14.4. The van der Waals surface area contributed by atoms with Crippen LogP contribution in [0.4, 0.5) is 0 Å². The molecule has 0 spiro atoms. The van der Waals surface area contributed by atoms with Gasteiger partial charge in [0.25, 0.3) is 0 Å². The van der Waals surface area contributed by atoms with E-state index in [1.165, 1.54) is 0 Å². The standard InChI is InChI=1S/C17H18ClNO2/c18-14-6-8-15(9-7-14)21-17(13-4-2-1-3-5-13)16-12-19-10-11-20-16/h1-9,16-17,19H,10-12H2. The van der Waals surface area contributed by atoms with Crippen LogP contribution in [0.2, 0.25) is 5.02 Å². The summed E-state index contributed by atoms with van der Waals surface area (Å²) in [6, 6.07) is 17.6. The minimum atomic E-state index is -0.139. The van der Waals surface area contributed by atoms with E-state index in [0.29, 0.717) is 11.6 Å². The third kappa shape index (κ3) is 3.76. The Labute approximate surface area is 129 Å². The van der Waals surface area contributed by atoms with E-state index in [2.05, 4.69) is 17.4 Å². The van der Waals surface area contributed by atoms with Crippen molar-refractivity contribution < 1.29 is 9.47 Å². The van der Waals surface area contributed by atoms with E-state index in [9.17, 15) is 0 Å². The molecule has 3 nitrogen and oxygen atoms in total. The van der Waals surface area contributed by atoms with E-state index < -0.39 is 0 Å². The van der Waals surface area contributed by atoms with Gasteiger partial charge in [-0.05, 0) is 29.8 Å². The van der Waals surface area contributed by atoms with Gasteiger partial charge in [-0.15, -0.1) is 0 Å². The van der Waals surface area contributed by atoms with E-state index in [1.807, 2.05) is 42.5 Å². The Bertz CT molecular complexity index is 553. The summed E-state index contributed by atoms with van der Waals surface area (Å²) < 4.78 is 12.0. The van der Waals surface area contributed by atoms with E-state index in [4.69, 9.17) is 21.1 Å². The fourth-order valence-electron chi connectivity index (χ4n) is 2.44. The van der Waals surface area contributed by atoms with Crippen LogP contribution in [0.15, 0.2) is 54.6 Å². The summed E-state index contributed by atoms with van der Waals surface area (Å²) in [4.78, 5) is 0. The molecule has 0 radical (unpaired) electrons. The zero-order chi connectivity index (χ0) is 14.5. The molecular formula is C17H18ClNO2. The summed E-state index contributed by atoms with van der Waals surface area (Å²) in [5.74, 6) is 0.794. The number of benzene rings is 2. The number of halogens is 1. The summed E-state index contributed by atoms with van der Waals surface area (Å²) in [7, 11) is 0. The average molecular weight is 304 g/mol. The zero-order valence-electron chi connectivity index (χ0n) is 11.7. The smallest absolute Gasteiger partial charge is 0.151 e. The molecule has 110 valence electrons. The van der Waals surface area contributed by atoms with Crippen molar-refractivity contribution in [2.45, 2.75) is 12.2 Å². The minimum Gasteiger partial charge on any atom is -0.483 e. The Kier molecular flexibility index (Phi) is 4.76. The first-order valence-electron chi connectivity index (χ1n) is 7.12. The van der Waals surface area contributed by atoms with Crippen LogP contribution in [-0.4, -0.2) is 25.8 Å². The highest BCUT2D eigenvalue weighted by molar-refractivity contribution is 6.30. The summed E-state index contributed by atoms with van der Waals surface area (Å²) in [6.45, 7) is 2.38. The Morgan fingerprint density at radius 2 is 1.86 bits per heavy atom. The van der Waals surface area contributed by atoms with Crippen molar-refractivity contribution in [1.82, 2.24) is 5.32 Å². The number of morpholine rings is 1. The number of hydrogen-bond donors (Lipinski definition) is 1. The van der Waals surface area contributed by atoms with Gasteiger partial charge in [0.1, 0.15) is 11.9 Å². The van der Waals surface area contributed by atoms with E-state index in [-0.39, 0.29) is 12.2 Å². The number of rotatable bonds is 4. The molecule has 2 aromatic carbocycles. The third-order valence-electron chi connectivity index (χ3n) is 3.50. The van der Waals surface area contributed by atoms with Crippen molar-refractivity contribution in [2.75, 3.05) is 19.7 Å². The normalized spacial score (nSPS) is 20.0. The number of hydrogen-bond acceptors (Lipinski definition) is 3. The molecular weight excluding hydrogens is 286 g/mol. The summed E-state index contributed by atoms with van der Waals surface area (Å²) in [5.41, 5.74) is 1.11. The molecule has 0 aromatic heterocycles. The molecule has 2 atom stereocenters. The van der Waals surface area contributed by atoms with Gasteiger partial charge in [-0.3, -0.25) is 0 Å². The van der Waals surface area contributed by atoms with Gasteiger partial charge in [-0.2, -0.15) is 0 Å². The number of ether oxygens (including phenoxy) is 2. The molecule has 1 aliphatic heterocycles. The zero-order valence-corrected chi connectivity index (χ0v) is 12.4. The summed E-state index contributed by atoms with van der Waals surface area (Å²) >= 11 is 5.92. The van der Waals surface area contributed by atoms with Crippen molar-refractivity contribution in [2.24, 2.45) is 0 Å². The molecule has 1 aliphatic rings. The van der Waals surface area contributed by atoms with Crippen molar-refractivity contribution in [3.8, 4) is 5.75 Å². The highest BCUT2D eigenvalue weighted by atomic mass is 35.5. The third-order valence-corrected chi connectivity index (χ3v) is 3.75. The molecule has 1 heterocycles. The van der Waals surface area contributed by atoms with E-state index in [1.54, 1.807) is 0 Å². The maximum Gasteiger partial charge on any atom is 0.151 e. The van der Waals surface area contributed by atoms with Gasteiger partial charge >= 0.3 is 0 Å². The van der Waals surface area contributed by atoms with Crippen LogP contribution in [0, 0.1) is 0 Å². The second-order valence-electron chi connectivity index (χ2n) is 5.02. The number of nitrogens with one attached hydrogen (secondary N) is 1. The highest BCUT2D eigenvalue weighted by Gasteiger charge is 2.27. The van der Waals surface area contributed by atoms with Gasteiger partial charge in [0.15, 0.2) is 6.10 Å². The fraction of sp³-hybridized carbons (Fsp3) is 0.294. The van der Waals surface area contributed by atoms with Crippen LogP contribution in [0.5, 0.6) is 5.75 Å². The highest BCUT2D eigenvalue weighted by Crippen LogP contribution is 2.28. The molecule has 1 fully saturated rings. The maximum atomic E-state index is 6.17. The molecule has 2 aromatic rings. The van der Waals surface area contributed by atoms with Gasteiger partial charge in [-0.25, -0.2) is 0 Å². The van der Waals surface area contributed by atoms with E-state index >= 15 is 0 Å². The molecule has 0 saturated carbocycles. The maximum absolute atomic E-state index is 6.17. The molecule has 1 saturated heterocycles. The van der Waals surface area contributed by atoms with Crippen molar-refractivity contribution in [1.29, 1.82) is 0 Å². The van der Waals surface area contributed by atoms with Crippen LogP contribution in [0.3, 0.4) is 0 Å². The Balaban J connectivity index is 1.83. The molecule has 4 heteroatoms. The van der Waals surface area contributed by atoms with Gasteiger partial charge < -0.3 is 14.8 Å². The predicted octanol–water partition coefficient (Wildman–Crippen LogP) is 3.45. The Morgan fingerprint density at radius 3 is 2.52 bits per heavy atom. The summed E-state index contributed by atoms with van der Waals surface area (Å²) in [5, 5.41) is 4.06. The quantitative estimate of drug-likeness (QED) is 0.938. The van der Waals surface area contributed by atoms with Crippen LogP contribution in [0.1, 0.15) is 11.7 Å². The van der Waals surface area contributed by atoms with Crippen LogP contribution in [-0.2, 0) is 4.74 Å². The second kappa shape index (κ2) is 6.94. The van der Waals surface area contributed by atoms with Crippen molar-refractivity contribution >= 4 is 11.6 Å². The lowest BCUT2D eigenvalue weighted by Crippen LogP contribution is -2.43. The van der Waals surface area contributed by atoms with Crippen molar-refractivity contribution in [3.05, 3.63) is 65.2 Å². The largest absolute Gasteiger partial charge is 0.483 e.